The molecule has 2 heteroatoms. The van der Waals surface area contributed by atoms with E-state index < -0.39 is 0 Å². The topological polar surface area (TPSA) is 18.1 Å². The Labute approximate surface area is 183 Å². The molecule has 2 aromatic heterocycles. The molecule has 0 aliphatic rings. The summed E-state index contributed by atoms with van der Waals surface area (Å²) in [6.07, 6.45) is 5.67. The average Bonchev–Trinajstić information content (AvgIpc) is 3.44. The first kappa shape index (κ1) is 19.4. The lowest BCUT2D eigenvalue weighted by Gasteiger charge is -2.19. The number of hydrogen-bond acceptors (Lipinski definition) is 1. The first-order valence-electron chi connectivity index (χ1n) is 10.8. The van der Waals surface area contributed by atoms with Crippen LogP contribution in [-0.2, 0) is 12.0 Å². The van der Waals surface area contributed by atoms with Gasteiger partial charge in [0.25, 0.3) is 0 Å². The van der Waals surface area contributed by atoms with Crippen molar-refractivity contribution in [3.8, 4) is 22.3 Å². The van der Waals surface area contributed by atoms with E-state index >= 15 is 0 Å². The quantitative estimate of drug-likeness (QED) is 0.297. The second-order valence-electron chi connectivity index (χ2n) is 9.25. The highest BCUT2D eigenvalue weighted by Gasteiger charge is 2.13. The summed E-state index contributed by atoms with van der Waals surface area (Å²) in [5.41, 5.74) is 8.89. The maximum atomic E-state index is 5.19. The van der Waals surface area contributed by atoms with Crippen molar-refractivity contribution in [3.05, 3.63) is 109 Å². The van der Waals surface area contributed by atoms with Gasteiger partial charge < -0.3 is 8.98 Å². The van der Waals surface area contributed by atoms with Crippen molar-refractivity contribution in [1.82, 2.24) is 4.57 Å². The molecular formula is C29H27NO. The average molecular weight is 406 g/mol. The lowest BCUT2D eigenvalue weighted by Crippen LogP contribution is -2.10. The van der Waals surface area contributed by atoms with E-state index in [-0.39, 0.29) is 5.41 Å². The highest BCUT2D eigenvalue weighted by Crippen LogP contribution is 2.29. The normalized spacial score (nSPS) is 11.8. The van der Waals surface area contributed by atoms with Crippen LogP contribution in [0.1, 0.15) is 31.9 Å². The molecule has 0 spiro atoms. The highest BCUT2D eigenvalue weighted by atomic mass is 16.3. The van der Waals surface area contributed by atoms with Gasteiger partial charge in [-0.05, 0) is 57.5 Å². The number of aromatic nitrogens is 1. The second-order valence-corrected chi connectivity index (χ2v) is 9.25. The fourth-order valence-corrected chi connectivity index (χ4v) is 4.11. The number of nitrogens with zero attached hydrogens (tertiary/aromatic N) is 1. The predicted octanol–water partition coefficient (Wildman–Crippen LogP) is 7.91. The largest absolute Gasteiger partial charge is 0.472 e. The molecule has 3 aromatic carbocycles. The van der Waals surface area contributed by atoms with Crippen molar-refractivity contribution in [1.29, 1.82) is 0 Å². The summed E-state index contributed by atoms with van der Waals surface area (Å²) < 4.78 is 7.50. The molecule has 0 saturated heterocycles. The molecule has 0 fully saturated rings. The molecule has 0 aliphatic carbocycles. The van der Waals surface area contributed by atoms with Crippen LogP contribution in [0.15, 0.2) is 102 Å². The van der Waals surface area contributed by atoms with Gasteiger partial charge in [0.2, 0.25) is 0 Å². The Morgan fingerprint density at radius 3 is 2.06 bits per heavy atom. The van der Waals surface area contributed by atoms with Crippen LogP contribution in [0, 0.1) is 0 Å². The van der Waals surface area contributed by atoms with Crippen molar-refractivity contribution in [2.45, 2.75) is 32.7 Å². The summed E-state index contributed by atoms with van der Waals surface area (Å²) in [6, 6.07) is 28.6. The van der Waals surface area contributed by atoms with E-state index in [2.05, 4.69) is 104 Å². The minimum atomic E-state index is 0.177. The summed E-state index contributed by atoms with van der Waals surface area (Å²) in [5, 5.41) is 1.27. The number of rotatable bonds is 4. The van der Waals surface area contributed by atoms with Crippen LogP contribution in [0.25, 0.3) is 33.2 Å². The number of hydrogen-bond donors (Lipinski definition) is 0. The molecule has 2 heterocycles. The van der Waals surface area contributed by atoms with Crippen molar-refractivity contribution in [2.75, 3.05) is 0 Å². The molecule has 0 aliphatic heterocycles. The zero-order valence-corrected chi connectivity index (χ0v) is 18.3. The second kappa shape index (κ2) is 7.63. The number of fused-ring (bicyclic) bond motifs is 1. The van der Waals surface area contributed by atoms with E-state index in [0.717, 1.165) is 12.1 Å². The third-order valence-corrected chi connectivity index (χ3v) is 6.02. The Bertz CT molecular complexity index is 1300. The molecule has 0 radical (unpaired) electrons. The summed E-state index contributed by atoms with van der Waals surface area (Å²) in [6.45, 7) is 7.61. The molecule has 0 N–H and O–H groups in total. The van der Waals surface area contributed by atoms with Crippen LogP contribution in [0.2, 0.25) is 0 Å². The van der Waals surface area contributed by atoms with Gasteiger partial charge in [0.15, 0.2) is 0 Å². The Balaban J connectivity index is 1.38. The van der Waals surface area contributed by atoms with E-state index in [0.29, 0.717) is 0 Å². The summed E-state index contributed by atoms with van der Waals surface area (Å²) in [4.78, 5) is 0. The lowest BCUT2D eigenvalue weighted by molar-refractivity contribution is 0.568. The van der Waals surface area contributed by atoms with Crippen molar-refractivity contribution >= 4 is 10.9 Å². The van der Waals surface area contributed by atoms with Gasteiger partial charge >= 0.3 is 0 Å². The minimum absolute atomic E-state index is 0.177. The molecule has 0 saturated carbocycles. The van der Waals surface area contributed by atoms with Crippen LogP contribution < -0.4 is 0 Å². The Kier molecular flexibility index (Phi) is 4.78. The third kappa shape index (κ3) is 3.94. The highest BCUT2D eigenvalue weighted by molar-refractivity contribution is 5.85. The van der Waals surface area contributed by atoms with E-state index in [9.17, 15) is 0 Å². The van der Waals surface area contributed by atoms with Crippen molar-refractivity contribution in [2.24, 2.45) is 0 Å². The maximum Gasteiger partial charge on any atom is 0.0980 e. The maximum absolute atomic E-state index is 5.19. The van der Waals surface area contributed by atoms with Crippen LogP contribution in [0.5, 0.6) is 0 Å². The van der Waals surface area contributed by atoms with Gasteiger partial charge in [-0.2, -0.15) is 0 Å². The Hall–Kier alpha value is -3.52. The fraction of sp³-hybridized carbons (Fsp3) is 0.172. The SMILES string of the molecule is CC(C)(C)c1ccc(-c2ccc3c(ccn3Cc3ccc(-c4ccoc4)cc3)c2)cc1. The molecule has 0 atom stereocenters. The number of benzene rings is 3. The van der Waals surface area contributed by atoms with E-state index in [1.807, 2.05) is 6.07 Å². The molecule has 31 heavy (non-hydrogen) atoms. The van der Waals surface area contributed by atoms with Crippen LogP contribution in [0.3, 0.4) is 0 Å². The number of furan rings is 1. The van der Waals surface area contributed by atoms with E-state index in [1.165, 1.54) is 38.7 Å². The zero-order valence-electron chi connectivity index (χ0n) is 18.3. The van der Waals surface area contributed by atoms with Crippen molar-refractivity contribution in [3.63, 3.8) is 0 Å². The van der Waals surface area contributed by atoms with Gasteiger partial charge in [0.1, 0.15) is 0 Å². The first-order chi connectivity index (χ1) is 15.0. The summed E-state index contributed by atoms with van der Waals surface area (Å²) in [5.74, 6) is 0. The molecule has 0 bridgehead atoms. The molecule has 5 aromatic rings. The van der Waals surface area contributed by atoms with Crippen LogP contribution in [0.4, 0.5) is 0 Å². The van der Waals surface area contributed by atoms with Crippen LogP contribution >= 0.6 is 0 Å². The van der Waals surface area contributed by atoms with E-state index in [1.54, 1.807) is 12.5 Å². The summed E-state index contributed by atoms with van der Waals surface area (Å²) in [7, 11) is 0. The molecule has 0 unspecified atom stereocenters. The Morgan fingerprint density at radius 1 is 0.710 bits per heavy atom. The van der Waals surface area contributed by atoms with Gasteiger partial charge in [-0.3, -0.25) is 0 Å². The minimum Gasteiger partial charge on any atom is -0.472 e. The molecule has 154 valence electrons. The third-order valence-electron chi connectivity index (χ3n) is 6.02. The van der Waals surface area contributed by atoms with Crippen LogP contribution in [-0.4, -0.2) is 4.57 Å². The first-order valence-corrected chi connectivity index (χ1v) is 10.8. The molecule has 2 nitrogen and oxygen atoms in total. The smallest absolute Gasteiger partial charge is 0.0980 e. The molecule has 0 amide bonds. The Morgan fingerprint density at radius 2 is 1.39 bits per heavy atom. The molecule has 5 rings (SSSR count). The van der Waals surface area contributed by atoms with Crippen molar-refractivity contribution < 1.29 is 4.42 Å². The van der Waals surface area contributed by atoms with Gasteiger partial charge in [-0.25, -0.2) is 0 Å². The van der Waals surface area contributed by atoms with Gasteiger partial charge in [-0.1, -0.05) is 75.4 Å². The van der Waals surface area contributed by atoms with Gasteiger partial charge in [-0.15, -0.1) is 0 Å². The lowest BCUT2D eigenvalue weighted by atomic mass is 9.86. The predicted molar refractivity (Wildman–Crippen MR) is 129 cm³/mol. The standard InChI is InChI=1S/C29H27NO/c1-29(2,3)27-11-8-22(9-12-27)24-10-13-28-25(18-24)14-16-30(28)19-21-4-6-23(7-5-21)26-15-17-31-20-26/h4-18,20H,19H2,1-3H3. The van der Waals surface area contributed by atoms with Gasteiger partial charge in [0.05, 0.1) is 12.5 Å². The van der Waals surface area contributed by atoms with E-state index in [4.69, 9.17) is 4.42 Å². The zero-order chi connectivity index (χ0) is 21.4. The summed E-state index contributed by atoms with van der Waals surface area (Å²) >= 11 is 0. The van der Waals surface area contributed by atoms with Gasteiger partial charge in [0, 0.05) is 29.2 Å². The molecular weight excluding hydrogens is 378 g/mol. The fourth-order valence-electron chi connectivity index (χ4n) is 4.11. The monoisotopic (exact) mass is 405 g/mol.